The number of carbonyl (C=O) groups is 1. The number of hydrogen-bond donors (Lipinski definition) is 2. The molecule has 94 valence electrons. The zero-order chi connectivity index (χ0) is 13.0. The van der Waals surface area contributed by atoms with Crippen molar-refractivity contribution >= 4 is 5.91 Å². The van der Waals surface area contributed by atoms with Crippen LogP contribution in [-0.2, 0) is 4.79 Å². The second kappa shape index (κ2) is 5.72. The average Bonchev–Trinajstić information content (AvgIpc) is 2.27. The Balaban J connectivity index is 2.76. The largest absolute Gasteiger partial charge is 0.348 e. The Morgan fingerprint density at radius 2 is 1.94 bits per heavy atom. The molecule has 0 heterocycles. The number of benzene rings is 1. The summed E-state index contributed by atoms with van der Waals surface area (Å²) in [5.74, 6) is -1.52. The molecule has 0 fully saturated rings. The molecular formula is C12H16F2N2O. The van der Waals surface area contributed by atoms with Crippen molar-refractivity contribution in [2.75, 3.05) is 7.05 Å². The summed E-state index contributed by atoms with van der Waals surface area (Å²) in [6.07, 6.45) is 0. The lowest BCUT2D eigenvalue weighted by Gasteiger charge is -2.18. The molecule has 5 heteroatoms. The molecule has 17 heavy (non-hydrogen) atoms. The van der Waals surface area contributed by atoms with Crippen molar-refractivity contribution in [2.24, 2.45) is 0 Å². The highest BCUT2D eigenvalue weighted by molar-refractivity contribution is 5.81. The first kappa shape index (κ1) is 13.6. The van der Waals surface area contributed by atoms with E-state index in [9.17, 15) is 13.6 Å². The molecule has 0 saturated heterocycles. The topological polar surface area (TPSA) is 41.1 Å². The molecule has 1 unspecified atom stereocenters. The third kappa shape index (κ3) is 3.49. The van der Waals surface area contributed by atoms with Gasteiger partial charge < -0.3 is 10.6 Å². The quantitative estimate of drug-likeness (QED) is 0.844. The van der Waals surface area contributed by atoms with Gasteiger partial charge in [-0.1, -0.05) is 6.07 Å². The molecule has 0 radical (unpaired) electrons. The van der Waals surface area contributed by atoms with Crippen LogP contribution in [0.15, 0.2) is 18.2 Å². The lowest BCUT2D eigenvalue weighted by Crippen LogP contribution is -2.41. The third-order valence-corrected chi connectivity index (χ3v) is 2.61. The number of carbonyl (C=O) groups excluding carboxylic acids is 1. The molecule has 2 atom stereocenters. The predicted molar refractivity (Wildman–Crippen MR) is 61.4 cm³/mol. The standard InChI is InChI=1S/C12H16F2N2O/c1-7(16-12(17)8(2)15-3)10-5-4-9(13)6-11(10)14/h4-8,15H,1-3H3,(H,16,17)/t7?,8-/m0/s1. The molecule has 0 saturated carbocycles. The Hall–Kier alpha value is -1.49. The van der Waals surface area contributed by atoms with Crippen LogP contribution in [0, 0.1) is 11.6 Å². The highest BCUT2D eigenvalue weighted by Gasteiger charge is 2.17. The fourth-order valence-corrected chi connectivity index (χ4v) is 1.40. The van der Waals surface area contributed by atoms with Crippen LogP contribution in [0.2, 0.25) is 0 Å². The third-order valence-electron chi connectivity index (χ3n) is 2.61. The van der Waals surface area contributed by atoms with Crippen LogP contribution in [-0.4, -0.2) is 19.0 Å². The molecule has 0 aliphatic rings. The van der Waals surface area contributed by atoms with Gasteiger partial charge in [0.15, 0.2) is 0 Å². The molecular weight excluding hydrogens is 226 g/mol. The fraction of sp³-hybridized carbons (Fsp3) is 0.417. The molecule has 3 nitrogen and oxygen atoms in total. The zero-order valence-corrected chi connectivity index (χ0v) is 10.1. The molecule has 1 rings (SSSR count). The van der Waals surface area contributed by atoms with E-state index in [0.29, 0.717) is 0 Å². The first-order valence-electron chi connectivity index (χ1n) is 5.38. The van der Waals surface area contributed by atoms with Gasteiger partial charge in [0.25, 0.3) is 0 Å². The van der Waals surface area contributed by atoms with E-state index in [0.717, 1.165) is 6.07 Å². The SMILES string of the molecule is CN[C@@H](C)C(=O)NC(C)c1ccc(F)cc1F. The maximum Gasteiger partial charge on any atom is 0.237 e. The lowest BCUT2D eigenvalue weighted by atomic mass is 10.1. The van der Waals surface area contributed by atoms with Crippen LogP contribution >= 0.6 is 0 Å². The average molecular weight is 242 g/mol. The van der Waals surface area contributed by atoms with Crippen LogP contribution < -0.4 is 10.6 Å². The summed E-state index contributed by atoms with van der Waals surface area (Å²) in [7, 11) is 1.66. The number of hydrogen-bond acceptors (Lipinski definition) is 2. The van der Waals surface area contributed by atoms with E-state index in [1.807, 2.05) is 0 Å². The monoisotopic (exact) mass is 242 g/mol. The minimum absolute atomic E-state index is 0.233. The van der Waals surface area contributed by atoms with E-state index < -0.39 is 17.7 Å². The van der Waals surface area contributed by atoms with Crippen molar-refractivity contribution in [3.8, 4) is 0 Å². The summed E-state index contributed by atoms with van der Waals surface area (Å²) in [6.45, 7) is 3.35. The Kier molecular flexibility index (Phi) is 4.57. The number of amides is 1. The normalized spacial score (nSPS) is 14.2. The van der Waals surface area contributed by atoms with E-state index >= 15 is 0 Å². The molecule has 1 aromatic rings. The van der Waals surface area contributed by atoms with Gasteiger partial charge in [-0.2, -0.15) is 0 Å². The molecule has 0 aliphatic heterocycles. The van der Waals surface area contributed by atoms with E-state index in [1.165, 1.54) is 12.1 Å². The molecule has 0 spiro atoms. The highest BCUT2D eigenvalue weighted by Crippen LogP contribution is 2.17. The maximum atomic E-state index is 13.4. The summed E-state index contributed by atoms with van der Waals surface area (Å²) in [5.41, 5.74) is 0.267. The molecule has 1 amide bonds. The van der Waals surface area contributed by atoms with Crippen LogP contribution in [0.25, 0.3) is 0 Å². The molecule has 1 aromatic carbocycles. The first-order valence-corrected chi connectivity index (χ1v) is 5.38. The maximum absolute atomic E-state index is 13.4. The van der Waals surface area contributed by atoms with Crippen LogP contribution in [0.1, 0.15) is 25.5 Å². The van der Waals surface area contributed by atoms with E-state index in [4.69, 9.17) is 0 Å². The van der Waals surface area contributed by atoms with Gasteiger partial charge in [0.2, 0.25) is 5.91 Å². The smallest absolute Gasteiger partial charge is 0.237 e. The van der Waals surface area contributed by atoms with Gasteiger partial charge in [-0.3, -0.25) is 4.79 Å². The number of rotatable bonds is 4. The van der Waals surface area contributed by atoms with Crippen LogP contribution in [0.5, 0.6) is 0 Å². The second-order valence-corrected chi connectivity index (χ2v) is 3.91. The lowest BCUT2D eigenvalue weighted by molar-refractivity contribution is -0.123. The Bertz CT molecular complexity index is 409. The Labute approximate surface area is 99.2 Å². The summed E-state index contributed by atoms with van der Waals surface area (Å²) >= 11 is 0. The zero-order valence-electron chi connectivity index (χ0n) is 10.1. The van der Waals surface area contributed by atoms with Crippen LogP contribution in [0.4, 0.5) is 8.78 Å². The van der Waals surface area contributed by atoms with Crippen molar-refractivity contribution in [1.29, 1.82) is 0 Å². The predicted octanol–water partition coefficient (Wildman–Crippen LogP) is 1.75. The minimum Gasteiger partial charge on any atom is -0.348 e. The van der Waals surface area contributed by atoms with Crippen molar-refractivity contribution in [2.45, 2.75) is 25.9 Å². The fourth-order valence-electron chi connectivity index (χ4n) is 1.40. The van der Waals surface area contributed by atoms with Crippen molar-refractivity contribution in [1.82, 2.24) is 10.6 Å². The molecule has 0 bridgehead atoms. The number of halogens is 2. The number of nitrogens with one attached hydrogen (secondary N) is 2. The van der Waals surface area contributed by atoms with Gasteiger partial charge in [-0.15, -0.1) is 0 Å². The van der Waals surface area contributed by atoms with Gasteiger partial charge >= 0.3 is 0 Å². The molecule has 2 N–H and O–H groups in total. The highest BCUT2D eigenvalue weighted by atomic mass is 19.1. The minimum atomic E-state index is -0.657. The van der Waals surface area contributed by atoms with E-state index in [-0.39, 0.29) is 17.5 Å². The van der Waals surface area contributed by atoms with Gasteiger partial charge in [-0.25, -0.2) is 8.78 Å². The first-order chi connectivity index (χ1) is 7.95. The summed E-state index contributed by atoms with van der Waals surface area (Å²) < 4.78 is 26.1. The van der Waals surface area contributed by atoms with Gasteiger partial charge in [0.1, 0.15) is 11.6 Å². The second-order valence-electron chi connectivity index (χ2n) is 3.91. The molecule has 0 aromatic heterocycles. The number of likely N-dealkylation sites (N-methyl/N-ethyl adjacent to an activating group) is 1. The van der Waals surface area contributed by atoms with E-state index in [1.54, 1.807) is 20.9 Å². The van der Waals surface area contributed by atoms with Crippen molar-refractivity contribution in [3.63, 3.8) is 0 Å². The van der Waals surface area contributed by atoms with Crippen molar-refractivity contribution < 1.29 is 13.6 Å². The van der Waals surface area contributed by atoms with Gasteiger partial charge in [0.05, 0.1) is 12.1 Å². The van der Waals surface area contributed by atoms with E-state index in [2.05, 4.69) is 10.6 Å². The summed E-state index contributed by atoms with van der Waals surface area (Å²) in [6, 6.07) is 2.45. The Morgan fingerprint density at radius 3 is 2.47 bits per heavy atom. The Morgan fingerprint density at radius 1 is 1.29 bits per heavy atom. The summed E-state index contributed by atoms with van der Waals surface area (Å²) in [4.78, 5) is 11.6. The van der Waals surface area contributed by atoms with Crippen molar-refractivity contribution in [3.05, 3.63) is 35.4 Å². The van der Waals surface area contributed by atoms with Gasteiger partial charge in [0, 0.05) is 11.6 Å². The molecule has 0 aliphatic carbocycles. The van der Waals surface area contributed by atoms with Gasteiger partial charge in [-0.05, 0) is 27.0 Å². The van der Waals surface area contributed by atoms with Crippen LogP contribution in [0.3, 0.4) is 0 Å². The summed E-state index contributed by atoms with van der Waals surface area (Å²) in [5, 5.41) is 5.42.